The van der Waals surface area contributed by atoms with Crippen molar-refractivity contribution >= 4 is 15.9 Å². The molecule has 1 aromatic rings. The standard InChI is InChI=1S/C15H21BrFNO/c1-3-18-10-15(6-7-19-11(15)2)9-12-4-5-13(17)8-14(12)16/h4-5,8,11,18H,3,6-7,9-10H2,1-2H3. The fraction of sp³-hybridized carbons (Fsp3) is 0.600. The molecule has 1 fully saturated rings. The van der Waals surface area contributed by atoms with Gasteiger partial charge >= 0.3 is 0 Å². The monoisotopic (exact) mass is 329 g/mol. The van der Waals surface area contributed by atoms with Crippen LogP contribution >= 0.6 is 15.9 Å². The van der Waals surface area contributed by atoms with Gasteiger partial charge in [-0.1, -0.05) is 28.9 Å². The van der Waals surface area contributed by atoms with Gasteiger partial charge < -0.3 is 10.1 Å². The molecule has 1 aromatic carbocycles. The van der Waals surface area contributed by atoms with Crippen LogP contribution in [0.4, 0.5) is 4.39 Å². The van der Waals surface area contributed by atoms with E-state index in [0.717, 1.165) is 42.6 Å². The van der Waals surface area contributed by atoms with Crippen LogP contribution in [-0.2, 0) is 11.2 Å². The number of nitrogens with one attached hydrogen (secondary N) is 1. The molecular weight excluding hydrogens is 309 g/mol. The number of hydrogen-bond acceptors (Lipinski definition) is 2. The summed E-state index contributed by atoms with van der Waals surface area (Å²) in [6.07, 6.45) is 2.18. The molecule has 0 aromatic heterocycles. The van der Waals surface area contributed by atoms with Gasteiger partial charge in [0.1, 0.15) is 5.82 Å². The summed E-state index contributed by atoms with van der Waals surface area (Å²) in [4.78, 5) is 0. The molecule has 0 spiro atoms. The maximum absolute atomic E-state index is 13.2. The third-order valence-electron chi connectivity index (χ3n) is 4.11. The Kier molecular flexibility index (Phi) is 4.98. The Morgan fingerprint density at radius 2 is 2.32 bits per heavy atom. The first-order valence-electron chi connectivity index (χ1n) is 6.83. The zero-order chi connectivity index (χ0) is 13.9. The molecular formula is C15H21BrFNO. The molecule has 1 heterocycles. The van der Waals surface area contributed by atoms with E-state index in [-0.39, 0.29) is 17.3 Å². The van der Waals surface area contributed by atoms with Gasteiger partial charge in [0, 0.05) is 23.0 Å². The Balaban J connectivity index is 2.20. The molecule has 106 valence electrons. The molecule has 0 amide bonds. The summed E-state index contributed by atoms with van der Waals surface area (Å²) >= 11 is 3.47. The van der Waals surface area contributed by atoms with E-state index >= 15 is 0 Å². The van der Waals surface area contributed by atoms with Crippen molar-refractivity contribution in [3.8, 4) is 0 Å². The summed E-state index contributed by atoms with van der Waals surface area (Å²) in [5.41, 5.74) is 1.26. The van der Waals surface area contributed by atoms with Crippen LogP contribution in [-0.4, -0.2) is 25.8 Å². The van der Waals surface area contributed by atoms with Gasteiger partial charge in [0.05, 0.1) is 6.10 Å². The maximum atomic E-state index is 13.2. The number of hydrogen-bond donors (Lipinski definition) is 1. The first-order valence-corrected chi connectivity index (χ1v) is 7.63. The lowest BCUT2D eigenvalue weighted by Gasteiger charge is -2.33. The lowest BCUT2D eigenvalue weighted by atomic mass is 9.76. The lowest BCUT2D eigenvalue weighted by Crippen LogP contribution is -2.41. The largest absolute Gasteiger partial charge is 0.378 e. The third-order valence-corrected chi connectivity index (χ3v) is 4.85. The van der Waals surface area contributed by atoms with Crippen LogP contribution in [0.2, 0.25) is 0 Å². The smallest absolute Gasteiger partial charge is 0.124 e. The van der Waals surface area contributed by atoms with E-state index in [9.17, 15) is 4.39 Å². The van der Waals surface area contributed by atoms with Gasteiger partial charge in [-0.2, -0.15) is 0 Å². The van der Waals surface area contributed by atoms with Crippen molar-refractivity contribution in [2.75, 3.05) is 19.7 Å². The van der Waals surface area contributed by atoms with E-state index in [0.29, 0.717) is 0 Å². The number of rotatable bonds is 5. The van der Waals surface area contributed by atoms with Gasteiger partial charge in [0.25, 0.3) is 0 Å². The second kappa shape index (κ2) is 6.33. The summed E-state index contributed by atoms with van der Waals surface area (Å²) in [7, 11) is 0. The molecule has 2 atom stereocenters. The predicted molar refractivity (Wildman–Crippen MR) is 78.8 cm³/mol. The van der Waals surface area contributed by atoms with E-state index in [1.807, 2.05) is 6.07 Å². The van der Waals surface area contributed by atoms with Crippen LogP contribution in [0.3, 0.4) is 0 Å². The third kappa shape index (κ3) is 3.36. The van der Waals surface area contributed by atoms with Crippen molar-refractivity contribution in [1.82, 2.24) is 5.32 Å². The summed E-state index contributed by atoms with van der Waals surface area (Å²) in [6.45, 7) is 6.96. The molecule has 2 rings (SSSR count). The van der Waals surface area contributed by atoms with Crippen molar-refractivity contribution in [2.45, 2.75) is 32.8 Å². The number of benzene rings is 1. The van der Waals surface area contributed by atoms with Crippen molar-refractivity contribution in [3.63, 3.8) is 0 Å². The molecule has 0 aliphatic carbocycles. The van der Waals surface area contributed by atoms with Crippen LogP contribution in [0.15, 0.2) is 22.7 Å². The lowest BCUT2D eigenvalue weighted by molar-refractivity contribution is 0.0632. The molecule has 1 saturated heterocycles. The van der Waals surface area contributed by atoms with Crippen LogP contribution in [0, 0.1) is 11.2 Å². The average molecular weight is 330 g/mol. The van der Waals surface area contributed by atoms with Gasteiger partial charge in [-0.15, -0.1) is 0 Å². The van der Waals surface area contributed by atoms with Gasteiger partial charge in [-0.3, -0.25) is 0 Å². The van der Waals surface area contributed by atoms with E-state index < -0.39 is 0 Å². The normalized spacial score (nSPS) is 26.8. The second-order valence-electron chi connectivity index (χ2n) is 5.32. The van der Waals surface area contributed by atoms with E-state index in [4.69, 9.17) is 4.74 Å². The van der Waals surface area contributed by atoms with Crippen LogP contribution in [0.1, 0.15) is 25.8 Å². The number of halogens is 2. The highest BCUT2D eigenvalue weighted by Crippen LogP contribution is 2.39. The number of ether oxygens (including phenoxy) is 1. The Labute approximate surface area is 122 Å². The van der Waals surface area contributed by atoms with Crippen LogP contribution in [0.25, 0.3) is 0 Å². The summed E-state index contributed by atoms with van der Waals surface area (Å²) in [5.74, 6) is -0.202. The molecule has 0 radical (unpaired) electrons. The van der Waals surface area contributed by atoms with Gasteiger partial charge in [0.15, 0.2) is 0 Å². The zero-order valence-electron chi connectivity index (χ0n) is 11.5. The molecule has 4 heteroatoms. The molecule has 1 N–H and O–H groups in total. The minimum absolute atomic E-state index is 0.107. The average Bonchev–Trinajstić information content (AvgIpc) is 2.72. The highest BCUT2D eigenvalue weighted by Gasteiger charge is 2.41. The van der Waals surface area contributed by atoms with Gasteiger partial charge in [-0.05, 0) is 44.0 Å². The molecule has 1 aliphatic rings. The molecule has 2 nitrogen and oxygen atoms in total. The summed E-state index contributed by atoms with van der Waals surface area (Å²) < 4.78 is 19.8. The van der Waals surface area contributed by atoms with Crippen molar-refractivity contribution < 1.29 is 9.13 Å². The fourth-order valence-electron chi connectivity index (χ4n) is 2.76. The summed E-state index contributed by atoms with van der Waals surface area (Å²) in [6, 6.07) is 4.94. The van der Waals surface area contributed by atoms with Crippen molar-refractivity contribution in [3.05, 3.63) is 34.1 Å². The maximum Gasteiger partial charge on any atom is 0.124 e. The van der Waals surface area contributed by atoms with E-state index in [2.05, 4.69) is 35.1 Å². The quantitative estimate of drug-likeness (QED) is 0.892. The van der Waals surface area contributed by atoms with Crippen molar-refractivity contribution in [2.24, 2.45) is 5.41 Å². The van der Waals surface area contributed by atoms with E-state index in [1.54, 1.807) is 0 Å². The van der Waals surface area contributed by atoms with Crippen LogP contribution in [0.5, 0.6) is 0 Å². The Hall–Kier alpha value is -0.450. The Bertz CT molecular complexity index is 440. The van der Waals surface area contributed by atoms with Gasteiger partial charge in [-0.25, -0.2) is 4.39 Å². The van der Waals surface area contributed by atoms with Gasteiger partial charge in [0.2, 0.25) is 0 Å². The zero-order valence-corrected chi connectivity index (χ0v) is 13.1. The first-order chi connectivity index (χ1) is 9.07. The molecule has 1 aliphatic heterocycles. The highest BCUT2D eigenvalue weighted by atomic mass is 79.9. The summed E-state index contributed by atoms with van der Waals surface area (Å²) in [5, 5.41) is 3.44. The highest BCUT2D eigenvalue weighted by molar-refractivity contribution is 9.10. The second-order valence-corrected chi connectivity index (χ2v) is 6.17. The van der Waals surface area contributed by atoms with E-state index in [1.165, 1.54) is 12.1 Å². The fourth-order valence-corrected chi connectivity index (χ4v) is 3.26. The van der Waals surface area contributed by atoms with Crippen LogP contribution < -0.4 is 5.32 Å². The minimum Gasteiger partial charge on any atom is -0.378 e. The van der Waals surface area contributed by atoms with Crippen molar-refractivity contribution in [1.29, 1.82) is 0 Å². The Morgan fingerprint density at radius 1 is 1.53 bits per heavy atom. The first kappa shape index (κ1) is 14.9. The SMILES string of the molecule is CCNCC1(Cc2ccc(F)cc2Br)CCOC1C. The predicted octanol–water partition coefficient (Wildman–Crippen LogP) is 3.54. The minimum atomic E-state index is -0.202. The topological polar surface area (TPSA) is 21.3 Å². The molecule has 19 heavy (non-hydrogen) atoms. The Morgan fingerprint density at radius 3 is 2.89 bits per heavy atom. The molecule has 0 bridgehead atoms. The molecule has 0 saturated carbocycles. The molecule has 2 unspecified atom stereocenters.